The predicted octanol–water partition coefficient (Wildman–Crippen LogP) is 2.68. The normalized spacial score (nSPS) is 15.9. The van der Waals surface area contributed by atoms with Crippen LogP contribution in [0.1, 0.15) is 0 Å². The van der Waals surface area contributed by atoms with E-state index in [1.807, 2.05) is 42.7 Å². The summed E-state index contributed by atoms with van der Waals surface area (Å²) in [6.45, 7) is 5.47. The van der Waals surface area contributed by atoms with Crippen molar-refractivity contribution in [2.45, 2.75) is 0 Å². The van der Waals surface area contributed by atoms with Crippen LogP contribution in [0.15, 0.2) is 48.9 Å². The molecule has 0 saturated carbocycles. The number of nitrogens with zero attached hydrogens (tertiary/aromatic N) is 4. The van der Waals surface area contributed by atoms with E-state index in [0.29, 0.717) is 5.95 Å². The maximum Gasteiger partial charge on any atom is 0.231 e. The molecule has 8 nitrogen and oxygen atoms in total. The van der Waals surface area contributed by atoms with Gasteiger partial charge >= 0.3 is 0 Å². The molecule has 30 heavy (non-hydrogen) atoms. The molecule has 1 N–H and O–H groups in total. The van der Waals surface area contributed by atoms with Crippen molar-refractivity contribution in [1.82, 2.24) is 19.9 Å². The van der Waals surface area contributed by atoms with E-state index in [1.54, 1.807) is 6.20 Å². The number of rotatable bonds is 6. The van der Waals surface area contributed by atoms with Crippen LogP contribution >= 0.6 is 0 Å². The molecule has 4 heterocycles. The van der Waals surface area contributed by atoms with Crippen LogP contribution in [-0.2, 0) is 4.74 Å². The first kappa shape index (κ1) is 18.8. The number of ether oxygens (including phenoxy) is 3. The number of benzene rings is 1. The van der Waals surface area contributed by atoms with E-state index in [2.05, 4.69) is 20.2 Å². The smallest absolute Gasteiger partial charge is 0.231 e. The van der Waals surface area contributed by atoms with Gasteiger partial charge in [0.25, 0.3) is 0 Å². The number of morpholine rings is 1. The maximum absolute atomic E-state index is 5.54. The van der Waals surface area contributed by atoms with E-state index in [4.69, 9.17) is 19.2 Å². The van der Waals surface area contributed by atoms with Crippen LogP contribution in [0, 0.1) is 0 Å². The third-order valence-corrected chi connectivity index (χ3v) is 5.22. The lowest BCUT2D eigenvalue weighted by atomic mass is 10.0. The Morgan fingerprint density at radius 2 is 1.90 bits per heavy atom. The van der Waals surface area contributed by atoms with Crippen molar-refractivity contribution in [2.24, 2.45) is 0 Å². The molecule has 0 bridgehead atoms. The van der Waals surface area contributed by atoms with Crippen LogP contribution in [0.2, 0.25) is 0 Å². The summed E-state index contributed by atoms with van der Waals surface area (Å²) in [5.74, 6) is 2.09. The Morgan fingerprint density at radius 3 is 2.77 bits per heavy atom. The highest BCUT2D eigenvalue weighted by Gasteiger charge is 2.18. The molecule has 3 aromatic rings. The quantitative estimate of drug-likeness (QED) is 0.670. The summed E-state index contributed by atoms with van der Waals surface area (Å²) in [6.07, 6.45) is 5.42. The van der Waals surface area contributed by atoms with Crippen molar-refractivity contribution >= 4 is 5.95 Å². The largest absolute Gasteiger partial charge is 0.454 e. The molecule has 0 atom stereocenters. The molecule has 1 fully saturated rings. The highest BCUT2D eigenvalue weighted by Crippen LogP contribution is 2.38. The summed E-state index contributed by atoms with van der Waals surface area (Å²) in [5, 5.41) is 3.35. The fraction of sp³-hybridized carbons (Fsp3) is 0.318. The van der Waals surface area contributed by atoms with Crippen molar-refractivity contribution in [3.05, 3.63) is 48.9 Å². The van der Waals surface area contributed by atoms with E-state index >= 15 is 0 Å². The summed E-state index contributed by atoms with van der Waals surface area (Å²) in [5.41, 5.74) is 3.65. The van der Waals surface area contributed by atoms with E-state index in [9.17, 15) is 0 Å². The highest BCUT2D eigenvalue weighted by atomic mass is 16.7. The summed E-state index contributed by atoms with van der Waals surface area (Å²) in [6, 6.07) is 9.79. The third-order valence-electron chi connectivity index (χ3n) is 5.22. The molecule has 2 aliphatic heterocycles. The van der Waals surface area contributed by atoms with E-state index in [0.717, 1.165) is 73.3 Å². The van der Waals surface area contributed by atoms with Crippen molar-refractivity contribution < 1.29 is 14.2 Å². The molecule has 2 aromatic heterocycles. The first-order chi connectivity index (χ1) is 14.9. The monoisotopic (exact) mass is 405 g/mol. The molecule has 0 amide bonds. The minimum Gasteiger partial charge on any atom is -0.454 e. The average molecular weight is 405 g/mol. The topological polar surface area (TPSA) is 81.6 Å². The highest BCUT2D eigenvalue weighted by molar-refractivity contribution is 5.81. The van der Waals surface area contributed by atoms with Gasteiger partial charge < -0.3 is 19.5 Å². The Labute approximate surface area is 174 Å². The van der Waals surface area contributed by atoms with Crippen LogP contribution < -0.4 is 14.8 Å². The van der Waals surface area contributed by atoms with Crippen LogP contribution in [0.4, 0.5) is 5.95 Å². The zero-order valence-corrected chi connectivity index (χ0v) is 16.6. The lowest BCUT2D eigenvalue weighted by Gasteiger charge is -2.26. The fourth-order valence-electron chi connectivity index (χ4n) is 3.62. The summed E-state index contributed by atoms with van der Waals surface area (Å²) < 4.78 is 16.4. The first-order valence-corrected chi connectivity index (χ1v) is 10.1. The second kappa shape index (κ2) is 8.64. The van der Waals surface area contributed by atoms with Crippen molar-refractivity contribution in [3.8, 4) is 33.9 Å². The molecule has 5 rings (SSSR count). The summed E-state index contributed by atoms with van der Waals surface area (Å²) in [4.78, 5) is 16.0. The van der Waals surface area contributed by atoms with Gasteiger partial charge in [-0.1, -0.05) is 6.07 Å². The zero-order chi connectivity index (χ0) is 20.2. The van der Waals surface area contributed by atoms with Gasteiger partial charge in [0.2, 0.25) is 12.7 Å². The molecule has 0 radical (unpaired) electrons. The SMILES string of the molecule is c1cncc(-c2nc(NCCN3CCOCC3)ncc2-c2ccc3c(c2)OCO3)c1. The van der Waals surface area contributed by atoms with Gasteiger partial charge in [0.15, 0.2) is 11.5 Å². The number of fused-ring (bicyclic) bond motifs is 1. The van der Waals surface area contributed by atoms with Gasteiger partial charge in [0.05, 0.1) is 18.9 Å². The molecule has 1 aromatic carbocycles. The molecule has 1 saturated heterocycles. The van der Waals surface area contributed by atoms with Gasteiger partial charge in [-0.25, -0.2) is 9.97 Å². The second-order valence-corrected chi connectivity index (χ2v) is 7.15. The maximum atomic E-state index is 5.54. The summed E-state index contributed by atoms with van der Waals surface area (Å²) >= 11 is 0. The average Bonchev–Trinajstić information content (AvgIpc) is 3.28. The Bertz CT molecular complexity index is 1010. The van der Waals surface area contributed by atoms with Gasteiger partial charge in [-0.15, -0.1) is 0 Å². The number of hydrogen-bond acceptors (Lipinski definition) is 8. The van der Waals surface area contributed by atoms with Gasteiger partial charge in [-0.2, -0.15) is 0 Å². The molecule has 0 unspecified atom stereocenters. The minimum atomic E-state index is 0.247. The van der Waals surface area contributed by atoms with Crippen LogP contribution in [-0.4, -0.2) is 66.0 Å². The van der Waals surface area contributed by atoms with Crippen molar-refractivity contribution in [2.75, 3.05) is 51.5 Å². The van der Waals surface area contributed by atoms with Crippen LogP contribution in [0.25, 0.3) is 22.4 Å². The minimum absolute atomic E-state index is 0.247. The molecule has 154 valence electrons. The second-order valence-electron chi connectivity index (χ2n) is 7.15. The number of pyridine rings is 1. The molecule has 2 aliphatic rings. The third kappa shape index (κ3) is 4.05. The van der Waals surface area contributed by atoms with Gasteiger partial charge in [0, 0.05) is 55.9 Å². The predicted molar refractivity (Wildman–Crippen MR) is 113 cm³/mol. The van der Waals surface area contributed by atoms with Gasteiger partial charge in [-0.3, -0.25) is 9.88 Å². The number of aromatic nitrogens is 3. The standard InChI is InChI=1S/C22H23N5O3/c1-2-17(13-23-5-1)21-18(16-3-4-19-20(12-16)30-15-29-19)14-25-22(26-21)24-6-7-27-8-10-28-11-9-27/h1-5,12-14H,6-11,15H2,(H,24,25,26). The van der Waals surface area contributed by atoms with Gasteiger partial charge in [-0.05, 0) is 29.8 Å². The Kier molecular flexibility index (Phi) is 5.41. The molecular formula is C22H23N5O3. The zero-order valence-electron chi connectivity index (χ0n) is 16.6. The van der Waals surface area contributed by atoms with E-state index in [1.165, 1.54) is 0 Å². The number of nitrogens with one attached hydrogen (secondary N) is 1. The van der Waals surface area contributed by atoms with E-state index < -0.39 is 0 Å². The fourth-order valence-corrected chi connectivity index (χ4v) is 3.62. The Hall–Kier alpha value is -3.23. The number of anilines is 1. The molecular weight excluding hydrogens is 382 g/mol. The number of hydrogen-bond donors (Lipinski definition) is 1. The van der Waals surface area contributed by atoms with E-state index in [-0.39, 0.29) is 6.79 Å². The summed E-state index contributed by atoms with van der Waals surface area (Å²) in [7, 11) is 0. The lowest BCUT2D eigenvalue weighted by Crippen LogP contribution is -2.39. The lowest BCUT2D eigenvalue weighted by molar-refractivity contribution is 0.0398. The van der Waals surface area contributed by atoms with Crippen LogP contribution in [0.3, 0.4) is 0 Å². The molecule has 0 aliphatic carbocycles. The van der Waals surface area contributed by atoms with Crippen LogP contribution in [0.5, 0.6) is 11.5 Å². The van der Waals surface area contributed by atoms with Gasteiger partial charge in [0.1, 0.15) is 0 Å². The van der Waals surface area contributed by atoms with Crippen molar-refractivity contribution in [3.63, 3.8) is 0 Å². The Morgan fingerprint density at radius 1 is 1.00 bits per heavy atom. The van der Waals surface area contributed by atoms with Crippen molar-refractivity contribution in [1.29, 1.82) is 0 Å². The molecule has 8 heteroatoms. The Balaban J connectivity index is 1.41. The first-order valence-electron chi connectivity index (χ1n) is 10.1. The molecule has 0 spiro atoms.